The molecule has 0 radical (unpaired) electrons. The highest BCUT2D eigenvalue weighted by atomic mass is 32.1. The number of thiazole rings is 1. The summed E-state index contributed by atoms with van der Waals surface area (Å²) in [6.07, 6.45) is 1.59. The van der Waals surface area contributed by atoms with Crippen LogP contribution in [-0.4, -0.2) is 41.4 Å². The van der Waals surface area contributed by atoms with Gasteiger partial charge in [0.1, 0.15) is 11.5 Å². The summed E-state index contributed by atoms with van der Waals surface area (Å²) in [5.41, 5.74) is 2.57. The number of carbonyl (C=O) groups excluding carboxylic acids is 1. The molecule has 4 rings (SSSR count). The molecule has 0 bridgehead atoms. The predicted octanol–water partition coefficient (Wildman–Crippen LogP) is 3.14. The Morgan fingerprint density at radius 2 is 2.10 bits per heavy atom. The fourth-order valence-corrected chi connectivity index (χ4v) is 3.87. The van der Waals surface area contributed by atoms with Crippen LogP contribution in [0, 0.1) is 6.92 Å². The zero-order valence-corrected chi connectivity index (χ0v) is 17.2. The molecule has 150 valence electrons. The molecule has 4 aromatic rings. The molecule has 1 aromatic carbocycles. The molecule has 1 N–H and O–H groups in total. The molecule has 1 amide bonds. The number of carbonyl (C=O) groups is 1. The third-order valence-electron chi connectivity index (χ3n) is 4.44. The van der Waals surface area contributed by atoms with Gasteiger partial charge in [-0.25, -0.2) is 4.68 Å². The van der Waals surface area contributed by atoms with Crippen molar-refractivity contribution >= 4 is 32.7 Å². The number of hydrogen-bond acceptors (Lipinski definition) is 7. The number of aromatic nitrogens is 3. The number of fused-ring (bicyclic) bond motifs is 1. The third-order valence-corrected chi connectivity index (χ3v) is 5.71. The van der Waals surface area contributed by atoms with Crippen LogP contribution < -0.4 is 15.0 Å². The second-order valence-corrected chi connectivity index (χ2v) is 7.53. The maximum Gasteiger partial charge on any atom is 0.239 e. The summed E-state index contributed by atoms with van der Waals surface area (Å²) in [5, 5.41) is 8.22. The van der Waals surface area contributed by atoms with E-state index in [2.05, 4.69) is 10.4 Å². The minimum Gasteiger partial charge on any atom is -0.497 e. The molecule has 3 heterocycles. The van der Waals surface area contributed by atoms with Crippen LogP contribution in [0.5, 0.6) is 5.75 Å². The van der Waals surface area contributed by atoms with E-state index in [0.717, 1.165) is 38.4 Å². The van der Waals surface area contributed by atoms with Crippen LogP contribution in [0.15, 0.2) is 47.1 Å². The van der Waals surface area contributed by atoms with Gasteiger partial charge in [-0.15, -0.1) is 0 Å². The molecule has 0 aliphatic heterocycles. The predicted molar refractivity (Wildman–Crippen MR) is 112 cm³/mol. The van der Waals surface area contributed by atoms with Crippen LogP contribution in [0.4, 0.5) is 5.13 Å². The highest BCUT2D eigenvalue weighted by Crippen LogP contribution is 2.32. The van der Waals surface area contributed by atoms with E-state index in [9.17, 15) is 4.79 Å². The van der Waals surface area contributed by atoms with Crippen LogP contribution in [0.25, 0.3) is 16.0 Å². The first-order valence-corrected chi connectivity index (χ1v) is 9.87. The van der Waals surface area contributed by atoms with Crippen molar-refractivity contribution in [1.29, 1.82) is 0 Å². The van der Waals surface area contributed by atoms with Crippen LogP contribution in [0.1, 0.15) is 11.5 Å². The Labute approximate surface area is 171 Å². The molecule has 0 atom stereocenters. The number of likely N-dealkylation sites (N-methyl/N-ethyl adjacent to an activating group) is 1. The molecule has 8 nitrogen and oxygen atoms in total. The lowest BCUT2D eigenvalue weighted by atomic mass is 10.3. The summed E-state index contributed by atoms with van der Waals surface area (Å²) in [5.74, 6) is 1.40. The van der Waals surface area contributed by atoms with Gasteiger partial charge in [0, 0.05) is 7.05 Å². The van der Waals surface area contributed by atoms with Gasteiger partial charge in [0.05, 0.1) is 42.5 Å². The number of rotatable bonds is 7. The highest BCUT2D eigenvalue weighted by molar-refractivity contribution is 7.22. The Hall–Kier alpha value is -3.33. The number of benzene rings is 1. The van der Waals surface area contributed by atoms with Crippen molar-refractivity contribution in [2.75, 3.05) is 25.6 Å². The van der Waals surface area contributed by atoms with Crippen molar-refractivity contribution in [1.82, 2.24) is 20.1 Å². The maximum absolute atomic E-state index is 12.2. The SMILES string of the molecule is COc1ccc(-n2nc(C)c3sc(N(C)CC(=O)NCc4ccco4)nc32)cc1. The van der Waals surface area contributed by atoms with E-state index in [1.807, 2.05) is 53.9 Å². The highest BCUT2D eigenvalue weighted by Gasteiger charge is 2.18. The molecule has 0 unspecified atom stereocenters. The lowest BCUT2D eigenvalue weighted by Crippen LogP contribution is -2.34. The van der Waals surface area contributed by atoms with Crippen molar-refractivity contribution in [3.05, 3.63) is 54.1 Å². The second kappa shape index (κ2) is 7.96. The Morgan fingerprint density at radius 3 is 2.79 bits per heavy atom. The number of ether oxygens (including phenoxy) is 1. The fraction of sp³-hybridized carbons (Fsp3) is 0.250. The summed E-state index contributed by atoms with van der Waals surface area (Å²) in [4.78, 5) is 18.8. The average molecular weight is 411 g/mol. The van der Waals surface area contributed by atoms with Crippen molar-refractivity contribution < 1.29 is 13.9 Å². The van der Waals surface area contributed by atoms with Crippen LogP contribution in [-0.2, 0) is 11.3 Å². The number of amides is 1. The standard InChI is InChI=1S/C20H21N5O3S/c1-13-18-19(25(23-13)14-6-8-15(27-3)9-7-14)22-20(29-18)24(2)12-17(26)21-11-16-5-4-10-28-16/h4-10H,11-12H2,1-3H3,(H,21,26). The Bertz CT molecular complexity index is 1120. The Morgan fingerprint density at radius 1 is 1.31 bits per heavy atom. The van der Waals surface area contributed by atoms with E-state index >= 15 is 0 Å². The molecule has 9 heteroatoms. The normalized spacial score (nSPS) is 11.0. The van der Waals surface area contributed by atoms with Crippen molar-refractivity contribution in [3.63, 3.8) is 0 Å². The van der Waals surface area contributed by atoms with Gasteiger partial charge >= 0.3 is 0 Å². The number of methoxy groups -OCH3 is 1. The quantitative estimate of drug-likeness (QED) is 0.503. The van der Waals surface area contributed by atoms with E-state index < -0.39 is 0 Å². The number of aryl methyl sites for hydroxylation is 1. The molecule has 29 heavy (non-hydrogen) atoms. The molecule has 0 saturated heterocycles. The molecule has 0 aliphatic carbocycles. The van der Waals surface area contributed by atoms with E-state index in [0.29, 0.717) is 6.54 Å². The molecule has 0 spiro atoms. The average Bonchev–Trinajstić information content (AvgIpc) is 3.45. The first-order valence-electron chi connectivity index (χ1n) is 9.06. The lowest BCUT2D eigenvalue weighted by molar-refractivity contribution is -0.120. The van der Waals surface area contributed by atoms with Crippen LogP contribution >= 0.6 is 11.3 Å². The van der Waals surface area contributed by atoms with Crippen LogP contribution in [0.2, 0.25) is 0 Å². The van der Waals surface area contributed by atoms with Crippen LogP contribution in [0.3, 0.4) is 0 Å². The van der Waals surface area contributed by atoms with Gasteiger partial charge in [-0.3, -0.25) is 4.79 Å². The zero-order chi connectivity index (χ0) is 20.4. The molecule has 3 aromatic heterocycles. The first kappa shape index (κ1) is 19.0. The van der Waals surface area contributed by atoms with E-state index in [1.165, 1.54) is 11.3 Å². The second-order valence-electron chi connectivity index (χ2n) is 6.56. The third kappa shape index (κ3) is 3.95. The number of hydrogen-bond donors (Lipinski definition) is 1. The van der Waals surface area contributed by atoms with Gasteiger partial charge in [0.2, 0.25) is 5.91 Å². The number of anilines is 1. The first-order chi connectivity index (χ1) is 14.0. The number of nitrogens with one attached hydrogen (secondary N) is 1. The minimum absolute atomic E-state index is 0.100. The van der Waals surface area contributed by atoms with Gasteiger partial charge in [-0.05, 0) is 43.3 Å². The Kier molecular flexibility index (Phi) is 5.22. The zero-order valence-electron chi connectivity index (χ0n) is 16.4. The lowest BCUT2D eigenvalue weighted by Gasteiger charge is -2.14. The summed E-state index contributed by atoms with van der Waals surface area (Å²) >= 11 is 1.52. The minimum atomic E-state index is -0.100. The maximum atomic E-state index is 12.2. The summed E-state index contributed by atoms with van der Waals surface area (Å²) in [7, 11) is 3.49. The van der Waals surface area contributed by atoms with Crippen molar-refractivity contribution in [3.8, 4) is 11.4 Å². The van der Waals surface area contributed by atoms with E-state index in [1.54, 1.807) is 19.4 Å². The molecule has 0 aliphatic rings. The summed E-state index contributed by atoms with van der Waals surface area (Å²) < 4.78 is 13.3. The van der Waals surface area contributed by atoms with Gasteiger partial charge < -0.3 is 19.4 Å². The fourth-order valence-electron chi connectivity index (χ4n) is 2.93. The van der Waals surface area contributed by atoms with Crippen molar-refractivity contribution in [2.45, 2.75) is 13.5 Å². The number of furan rings is 1. The van der Waals surface area contributed by atoms with Gasteiger partial charge in [0.15, 0.2) is 10.8 Å². The van der Waals surface area contributed by atoms with Gasteiger partial charge in [-0.1, -0.05) is 11.3 Å². The molecular formula is C20H21N5O3S. The summed E-state index contributed by atoms with van der Waals surface area (Å²) in [6, 6.07) is 11.3. The molecular weight excluding hydrogens is 390 g/mol. The Balaban J connectivity index is 1.51. The van der Waals surface area contributed by atoms with Crippen molar-refractivity contribution in [2.24, 2.45) is 0 Å². The van der Waals surface area contributed by atoms with Gasteiger partial charge in [0.25, 0.3) is 0 Å². The van der Waals surface area contributed by atoms with E-state index in [-0.39, 0.29) is 12.5 Å². The number of nitrogens with zero attached hydrogens (tertiary/aromatic N) is 4. The largest absolute Gasteiger partial charge is 0.497 e. The van der Waals surface area contributed by atoms with E-state index in [4.69, 9.17) is 14.1 Å². The van der Waals surface area contributed by atoms with Gasteiger partial charge in [-0.2, -0.15) is 10.1 Å². The molecule has 0 saturated carbocycles. The topological polar surface area (TPSA) is 85.4 Å². The summed E-state index contributed by atoms with van der Waals surface area (Å²) in [6.45, 7) is 2.53. The monoisotopic (exact) mass is 411 g/mol. The molecule has 0 fully saturated rings. The smallest absolute Gasteiger partial charge is 0.239 e.